The third kappa shape index (κ3) is 4.94. The van der Waals surface area contributed by atoms with E-state index in [2.05, 4.69) is 4.74 Å². The van der Waals surface area contributed by atoms with E-state index in [4.69, 9.17) is 5.11 Å². The van der Waals surface area contributed by atoms with Crippen LogP contribution in [-0.4, -0.2) is 67.4 Å². The highest BCUT2D eigenvalue weighted by molar-refractivity contribution is 7.86. The number of rotatable bonds is 7. The first kappa shape index (κ1) is 17.9. The molecule has 1 aliphatic rings. The lowest BCUT2D eigenvalue weighted by Gasteiger charge is -2.36. The summed E-state index contributed by atoms with van der Waals surface area (Å²) >= 11 is 0. The van der Waals surface area contributed by atoms with Crippen molar-refractivity contribution in [1.29, 1.82) is 0 Å². The van der Waals surface area contributed by atoms with Gasteiger partial charge in [0.2, 0.25) is 0 Å². The molecule has 0 spiro atoms. The molecule has 1 atom stereocenters. The van der Waals surface area contributed by atoms with E-state index in [0.717, 1.165) is 17.1 Å². The minimum absolute atomic E-state index is 0.0164. The van der Waals surface area contributed by atoms with Gasteiger partial charge >= 0.3 is 11.9 Å². The van der Waals surface area contributed by atoms with Gasteiger partial charge < -0.3 is 9.84 Å². The van der Waals surface area contributed by atoms with Gasteiger partial charge in [0.15, 0.2) is 0 Å². The summed E-state index contributed by atoms with van der Waals surface area (Å²) < 4.78 is 31.9. The van der Waals surface area contributed by atoms with E-state index in [1.165, 1.54) is 18.5 Å². The van der Waals surface area contributed by atoms with Crippen molar-refractivity contribution in [2.24, 2.45) is 0 Å². The largest absolute Gasteiger partial charge is 0.481 e. The van der Waals surface area contributed by atoms with Crippen LogP contribution in [0.3, 0.4) is 0 Å². The standard InChI is InChI=1S/C12H22N2O6S/c1-13(8-6-11(15)16)21(18,19)14-7-4-3-5-10(14)9-12(17)20-2/h10H,3-9H2,1-2H3,(H,15,16). The topological polar surface area (TPSA) is 104 Å². The van der Waals surface area contributed by atoms with Gasteiger partial charge in [-0.15, -0.1) is 0 Å². The lowest BCUT2D eigenvalue weighted by atomic mass is 10.0. The predicted molar refractivity (Wildman–Crippen MR) is 74.8 cm³/mol. The Morgan fingerprint density at radius 2 is 2.05 bits per heavy atom. The van der Waals surface area contributed by atoms with Gasteiger partial charge in [-0.3, -0.25) is 9.59 Å². The van der Waals surface area contributed by atoms with E-state index in [1.54, 1.807) is 0 Å². The lowest BCUT2D eigenvalue weighted by Crippen LogP contribution is -2.50. The van der Waals surface area contributed by atoms with Crippen LogP contribution in [0.25, 0.3) is 0 Å². The monoisotopic (exact) mass is 322 g/mol. The highest BCUT2D eigenvalue weighted by Crippen LogP contribution is 2.24. The molecule has 8 nitrogen and oxygen atoms in total. The third-order valence-corrected chi connectivity index (χ3v) is 5.58. The number of carboxylic acid groups (broad SMARTS) is 1. The molecule has 1 saturated heterocycles. The maximum Gasteiger partial charge on any atom is 0.307 e. The number of esters is 1. The molecule has 1 unspecified atom stereocenters. The molecular weight excluding hydrogens is 300 g/mol. The van der Waals surface area contributed by atoms with Crippen LogP contribution in [0.4, 0.5) is 0 Å². The molecule has 1 rings (SSSR count). The smallest absolute Gasteiger partial charge is 0.307 e. The number of carboxylic acids is 1. The van der Waals surface area contributed by atoms with Crippen LogP contribution < -0.4 is 0 Å². The van der Waals surface area contributed by atoms with Crippen molar-refractivity contribution in [3.8, 4) is 0 Å². The molecule has 0 saturated carbocycles. The molecule has 0 bridgehead atoms. The van der Waals surface area contributed by atoms with E-state index in [0.29, 0.717) is 13.0 Å². The first-order valence-corrected chi connectivity index (χ1v) is 8.20. The molecular formula is C12H22N2O6S. The maximum atomic E-state index is 12.5. The molecule has 1 aliphatic heterocycles. The van der Waals surface area contributed by atoms with Gasteiger partial charge in [-0.05, 0) is 12.8 Å². The Morgan fingerprint density at radius 1 is 1.38 bits per heavy atom. The minimum Gasteiger partial charge on any atom is -0.481 e. The first-order chi connectivity index (χ1) is 9.78. The Bertz CT molecular complexity index is 478. The summed E-state index contributed by atoms with van der Waals surface area (Å²) in [5.74, 6) is -1.50. The van der Waals surface area contributed by atoms with Crippen molar-refractivity contribution in [3.05, 3.63) is 0 Å². The van der Waals surface area contributed by atoms with Crippen LogP contribution in [0.15, 0.2) is 0 Å². The number of piperidine rings is 1. The number of hydrogen-bond donors (Lipinski definition) is 1. The second kappa shape index (κ2) is 7.71. The fourth-order valence-corrected chi connectivity index (χ4v) is 3.90. The third-order valence-electron chi connectivity index (χ3n) is 3.53. The zero-order valence-corrected chi connectivity index (χ0v) is 13.1. The van der Waals surface area contributed by atoms with Crippen LogP contribution in [0, 0.1) is 0 Å². The van der Waals surface area contributed by atoms with Gasteiger partial charge in [-0.25, -0.2) is 0 Å². The normalized spacial score (nSPS) is 20.4. The van der Waals surface area contributed by atoms with Crippen LogP contribution >= 0.6 is 0 Å². The molecule has 0 amide bonds. The van der Waals surface area contributed by atoms with Crippen molar-refractivity contribution < 1.29 is 27.9 Å². The van der Waals surface area contributed by atoms with E-state index >= 15 is 0 Å². The summed E-state index contributed by atoms with van der Waals surface area (Å²) in [7, 11) is -1.15. The number of carbonyl (C=O) groups is 2. The summed E-state index contributed by atoms with van der Waals surface area (Å²) in [6.07, 6.45) is 1.94. The molecule has 0 aromatic carbocycles. The molecule has 0 aromatic rings. The highest BCUT2D eigenvalue weighted by atomic mass is 32.2. The van der Waals surface area contributed by atoms with Gasteiger partial charge in [0.05, 0.1) is 20.0 Å². The van der Waals surface area contributed by atoms with Crippen LogP contribution in [0.2, 0.25) is 0 Å². The van der Waals surface area contributed by atoms with Crippen molar-refractivity contribution >= 4 is 22.1 Å². The average molecular weight is 322 g/mol. The molecule has 0 aliphatic carbocycles. The van der Waals surface area contributed by atoms with Crippen LogP contribution in [-0.2, 0) is 24.5 Å². The number of ether oxygens (including phenoxy) is 1. The van der Waals surface area contributed by atoms with E-state index < -0.39 is 28.2 Å². The fourth-order valence-electron chi connectivity index (χ4n) is 2.30. The fraction of sp³-hybridized carbons (Fsp3) is 0.833. The zero-order valence-electron chi connectivity index (χ0n) is 12.3. The summed E-state index contributed by atoms with van der Waals surface area (Å²) in [5.41, 5.74) is 0. The molecule has 122 valence electrons. The summed E-state index contributed by atoms with van der Waals surface area (Å²) in [6, 6.07) is -0.427. The quantitative estimate of drug-likeness (QED) is 0.664. The van der Waals surface area contributed by atoms with E-state index in [1.807, 2.05) is 0 Å². The van der Waals surface area contributed by atoms with Gasteiger partial charge in [0, 0.05) is 26.2 Å². The Hall–Kier alpha value is -1.19. The average Bonchev–Trinajstić information content (AvgIpc) is 2.44. The highest BCUT2D eigenvalue weighted by Gasteiger charge is 2.36. The molecule has 1 heterocycles. The van der Waals surface area contributed by atoms with E-state index in [9.17, 15) is 18.0 Å². The van der Waals surface area contributed by atoms with Crippen LogP contribution in [0.1, 0.15) is 32.1 Å². The molecule has 0 aromatic heterocycles. The number of hydrogen-bond acceptors (Lipinski definition) is 5. The SMILES string of the molecule is COC(=O)CC1CCCCN1S(=O)(=O)N(C)CCC(=O)O. The number of carbonyl (C=O) groups excluding carboxylic acids is 1. The van der Waals surface area contributed by atoms with Crippen molar-refractivity contribution in [1.82, 2.24) is 8.61 Å². The van der Waals surface area contributed by atoms with Crippen molar-refractivity contribution in [2.45, 2.75) is 38.1 Å². The predicted octanol–water partition coefficient (Wildman–Crippen LogP) is 0.0553. The lowest BCUT2D eigenvalue weighted by molar-refractivity contribution is -0.142. The Morgan fingerprint density at radius 3 is 2.62 bits per heavy atom. The summed E-state index contributed by atoms with van der Waals surface area (Å²) in [4.78, 5) is 22.0. The van der Waals surface area contributed by atoms with Crippen molar-refractivity contribution in [2.75, 3.05) is 27.2 Å². The molecule has 1 fully saturated rings. The van der Waals surface area contributed by atoms with E-state index in [-0.39, 0.29) is 19.4 Å². The van der Waals surface area contributed by atoms with Gasteiger partial charge in [0.1, 0.15) is 0 Å². The van der Waals surface area contributed by atoms with Gasteiger partial charge in [0.25, 0.3) is 10.2 Å². The van der Waals surface area contributed by atoms with Gasteiger partial charge in [-0.1, -0.05) is 6.42 Å². The number of aliphatic carboxylic acids is 1. The molecule has 0 radical (unpaired) electrons. The first-order valence-electron chi connectivity index (χ1n) is 6.80. The summed E-state index contributed by atoms with van der Waals surface area (Å²) in [5, 5.41) is 8.65. The zero-order chi connectivity index (χ0) is 16.0. The minimum atomic E-state index is -3.77. The van der Waals surface area contributed by atoms with Crippen LogP contribution in [0.5, 0.6) is 0 Å². The molecule has 9 heteroatoms. The Balaban J connectivity index is 2.81. The molecule has 1 N–H and O–H groups in total. The Labute approximate surface area is 124 Å². The molecule has 21 heavy (non-hydrogen) atoms. The second-order valence-corrected chi connectivity index (χ2v) is 7.00. The number of nitrogens with zero attached hydrogens (tertiary/aromatic N) is 2. The van der Waals surface area contributed by atoms with Crippen molar-refractivity contribution in [3.63, 3.8) is 0 Å². The maximum absolute atomic E-state index is 12.5. The summed E-state index contributed by atoms with van der Waals surface area (Å²) in [6.45, 7) is 0.237. The van der Waals surface area contributed by atoms with Gasteiger partial charge in [-0.2, -0.15) is 17.0 Å². The second-order valence-electron chi connectivity index (χ2n) is 5.01. The Kier molecular flexibility index (Phi) is 6.56. The number of methoxy groups -OCH3 is 1.